The molecule has 0 radical (unpaired) electrons. The van der Waals surface area contributed by atoms with Crippen molar-refractivity contribution in [3.05, 3.63) is 212 Å². The van der Waals surface area contributed by atoms with Crippen LogP contribution in [0.5, 0.6) is 0 Å². The number of rotatable bonds is 6. The van der Waals surface area contributed by atoms with Gasteiger partial charge in [-0.25, -0.2) is 15.0 Å². The zero-order valence-electron chi connectivity index (χ0n) is 33.0. The van der Waals surface area contributed by atoms with Crippen LogP contribution in [-0.2, 0) is 0 Å². The Hall–Kier alpha value is -8.21. The van der Waals surface area contributed by atoms with E-state index >= 15 is 0 Å². The number of pyridine rings is 1. The lowest BCUT2D eigenvalue weighted by Crippen LogP contribution is -1.95. The van der Waals surface area contributed by atoms with Gasteiger partial charge in [-0.15, -0.1) is 0 Å². The Morgan fingerprint density at radius 3 is 1.49 bits per heavy atom. The van der Waals surface area contributed by atoms with Crippen molar-refractivity contribution in [3.8, 4) is 67.3 Å². The molecule has 12 rings (SSSR count). The van der Waals surface area contributed by atoms with Crippen LogP contribution in [0, 0.1) is 0 Å². The van der Waals surface area contributed by atoms with Gasteiger partial charge in [-0.05, 0) is 58.1 Å². The number of hydrogen-bond donors (Lipinski definition) is 0. The monoisotopic (exact) mass is 777 g/mol. The van der Waals surface area contributed by atoms with E-state index in [9.17, 15) is 0 Å². The van der Waals surface area contributed by atoms with Crippen molar-refractivity contribution in [1.29, 1.82) is 0 Å². The second-order valence-electron chi connectivity index (χ2n) is 15.5. The lowest BCUT2D eigenvalue weighted by atomic mass is 9.89. The minimum Gasteiger partial charge on any atom is -0.456 e. The van der Waals surface area contributed by atoms with Crippen molar-refractivity contribution in [1.82, 2.24) is 15.0 Å². The summed E-state index contributed by atoms with van der Waals surface area (Å²) >= 11 is 0. The lowest BCUT2D eigenvalue weighted by molar-refractivity contribution is 0.669. The van der Waals surface area contributed by atoms with Crippen LogP contribution in [0.3, 0.4) is 0 Å². The second-order valence-corrected chi connectivity index (χ2v) is 15.5. The zero-order valence-corrected chi connectivity index (χ0v) is 33.0. The molecular formula is C57H35N3O. The van der Waals surface area contributed by atoms with E-state index in [0.29, 0.717) is 5.82 Å². The van der Waals surface area contributed by atoms with E-state index in [1.54, 1.807) is 0 Å². The Kier molecular flexibility index (Phi) is 8.13. The summed E-state index contributed by atoms with van der Waals surface area (Å²) in [7, 11) is 0. The number of furan rings is 1. The Labute approximate surface area is 352 Å². The number of hydrogen-bond acceptors (Lipinski definition) is 4. The van der Waals surface area contributed by atoms with Crippen LogP contribution >= 0.6 is 0 Å². The summed E-state index contributed by atoms with van der Waals surface area (Å²) in [5.41, 5.74) is 15.4. The molecule has 3 aromatic heterocycles. The smallest absolute Gasteiger partial charge is 0.160 e. The molecule has 284 valence electrons. The van der Waals surface area contributed by atoms with Crippen LogP contribution in [0.25, 0.3) is 122 Å². The summed E-state index contributed by atoms with van der Waals surface area (Å²) in [5.74, 6) is 0.706. The van der Waals surface area contributed by atoms with Crippen molar-refractivity contribution in [3.63, 3.8) is 0 Å². The van der Waals surface area contributed by atoms with Crippen molar-refractivity contribution in [2.45, 2.75) is 0 Å². The Morgan fingerprint density at radius 2 is 0.787 bits per heavy atom. The molecule has 0 spiro atoms. The van der Waals surface area contributed by atoms with Crippen molar-refractivity contribution in [2.75, 3.05) is 0 Å². The molecule has 4 heteroatoms. The van der Waals surface area contributed by atoms with Crippen LogP contribution < -0.4 is 0 Å². The second kappa shape index (κ2) is 14.3. The van der Waals surface area contributed by atoms with Crippen molar-refractivity contribution in [2.24, 2.45) is 0 Å². The Morgan fingerprint density at radius 1 is 0.279 bits per heavy atom. The van der Waals surface area contributed by atoms with Gasteiger partial charge in [0.15, 0.2) is 5.82 Å². The van der Waals surface area contributed by atoms with Gasteiger partial charge in [-0.2, -0.15) is 0 Å². The predicted octanol–water partition coefficient (Wildman–Crippen LogP) is 15.2. The molecule has 0 aliphatic carbocycles. The molecule has 0 unspecified atom stereocenters. The SMILES string of the molecule is c1ccc(-c2cccc(-c3nc(-c4ccc(-c5ccc(-c6nc7ccccc7c7c(-c8ccccc8)c8c(cc67)oc6ccccc68)cc5)cc4)c4ccccc4n3)c2)cc1. The van der Waals surface area contributed by atoms with Crippen LogP contribution in [0.4, 0.5) is 0 Å². The maximum atomic E-state index is 6.58. The molecule has 12 aromatic rings. The highest BCUT2D eigenvalue weighted by atomic mass is 16.3. The molecule has 0 atom stereocenters. The summed E-state index contributed by atoms with van der Waals surface area (Å²) in [6.07, 6.45) is 0. The first-order valence-corrected chi connectivity index (χ1v) is 20.6. The van der Waals surface area contributed by atoms with Gasteiger partial charge >= 0.3 is 0 Å². The van der Waals surface area contributed by atoms with Crippen LogP contribution in [-0.4, -0.2) is 15.0 Å². The summed E-state index contributed by atoms with van der Waals surface area (Å²) in [5, 5.41) is 6.61. The first kappa shape index (κ1) is 34.8. The van der Waals surface area contributed by atoms with Crippen molar-refractivity contribution >= 4 is 54.5 Å². The van der Waals surface area contributed by atoms with Gasteiger partial charge in [0.25, 0.3) is 0 Å². The minimum atomic E-state index is 0.706. The number of fused-ring (bicyclic) bond motifs is 7. The average molecular weight is 778 g/mol. The van der Waals surface area contributed by atoms with Crippen LogP contribution in [0.15, 0.2) is 217 Å². The molecule has 4 nitrogen and oxygen atoms in total. The first-order valence-electron chi connectivity index (χ1n) is 20.6. The minimum absolute atomic E-state index is 0.706. The summed E-state index contributed by atoms with van der Waals surface area (Å²) in [6, 6.07) is 74.3. The van der Waals surface area contributed by atoms with E-state index in [1.165, 1.54) is 10.9 Å². The molecule has 0 saturated carbocycles. The maximum absolute atomic E-state index is 6.58. The first-order chi connectivity index (χ1) is 30.2. The molecule has 0 amide bonds. The summed E-state index contributed by atoms with van der Waals surface area (Å²) in [6.45, 7) is 0. The Bertz CT molecular complexity index is 3610. The lowest BCUT2D eigenvalue weighted by Gasteiger charge is -2.16. The normalized spacial score (nSPS) is 11.6. The quantitative estimate of drug-likeness (QED) is 0.158. The largest absolute Gasteiger partial charge is 0.456 e. The van der Waals surface area contributed by atoms with E-state index in [1.807, 2.05) is 18.2 Å². The fraction of sp³-hybridized carbons (Fsp3) is 0. The maximum Gasteiger partial charge on any atom is 0.160 e. The molecule has 0 aliphatic rings. The van der Waals surface area contributed by atoms with E-state index in [4.69, 9.17) is 19.4 Å². The molecule has 3 heterocycles. The number of nitrogens with zero attached hydrogens (tertiary/aromatic N) is 3. The van der Waals surface area contributed by atoms with E-state index in [0.717, 1.165) is 105 Å². The number of para-hydroxylation sites is 3. The molecule has 0 aliphatic heterocycles. The third-order valence-electron chi connectivity index (χ3n) is 11.9. The van der Waals surface area contributed by atoms with Gasteiger partial charge in [0.1, 0.15) is 11.2 Å². The summed E-state index contributed by atoms with van der Waals surface area (Å²) < 4.78 is 6.58. The highest BCUT2D eigenvalue weighted by molar-refractivity contribution is 6.27. The molecule has 0 N–H and O–H groups in total. The van der Waals surface area contributed by atoms with E-state index in [2.05, 4.69) is 194 Å². The standard InChI is InChI=1S/C57H35N3O/c1-3-14-36(15-4-1)42-18-13-19-43(34-42)57-59-49-24-11-8-21-45(49)55(60-57)40-30-26-37(27-31-40)38-28-32-41(33-29-38)56-47-35-51-54(46-22-9-12-25-50(46)61-51)52(39-16-5-2-6-17-39)53(47)44-20-7-10-23-48(44)58-56/h1-35H. The number of aromatic nitrogens is 3. The highest BCUT2D eigenvalue weighted by Crippen LogP contribution is 2.46. The average Bonchev–Trinajstić information content (AvgIpc) is 3.71. The fourth-order valence-electron chi connectivity index (χ4n) is 8.97. The fourth-order valence-corrected chi connectivity index (χ4v) is 8.97. The number of benzene rings is 9. The molecular weight excluding hydrogens is 743 g/mol. The molecule has 61 heavy (non-hydrogen) atoms. The third kappa shape index (κ3) is 5.96. The topological polar surface area (TPSA) is 51.8 Å². The predicted molar refractivity (Wildman–Crippen MR) is 252 cm³/mol. The van der Waals surface area contributed by atoms with Gasteiger partial charge in [0.2, 0.25) is 0 Å². The van der Waals surface area contributed by atoms with E-state index in [-0.39, 0.29) is 0 Å². The van der Waals surface area contributed by atoms with Gasteiger partial charge in [-0.1, -0.05) is 182 Å². The van der Waals surface area contributed by atoms with Gasteiger partial charge in [0.05, 0.1) is 22.4 Å². The van der Waals surface area contributed by atoms with Crippen LogP contribution in [0.2, 0.25) is 0 Å². The molecule has 0 bridgehead atoms. The van der Waals surface area contributed by atoms with Gasteiger partial charge < -0.3 is 4.42 Å². The summed E-state index contributed by atoms with van der Waals surface area (Å²) in [4.78, 5) is 15.6. The third-order valence-corrected chi connectivity index (χ3v) is 11.9. The van der Waals surface area contributed by atoms with Gasteiger partial charge in [0, 0.05) is 54.6 Å². The van der Waals surface area contributed by atoms with E-state index < -0.39 is 0 Å². The zero-order chi connectivity index (χ0) is 40.3. The van der Waals surface area contributed by atoms with Crippen LogP contribution in [0.1, 0.15) is 0 Å². The molecule has 9 aromatic carbocycles. The highest BCUT2D eigenvalue weighted by Gasteiger charge is 2.22. The van der Waals surface area contributed by atoms with Gasteiger partial charge in [-0.3, -0.25) is 0 Å². The Balaban J connectivity index is 0.947. The molecule has 0 saturated heterocycles. The molecule has 0 fully saturated rings. The van der Waals surface area contributed by atoms with Crippen molar-refractivity contribution < 1.29 is 4.42 Å².